The molecular formula is C45H61F2N5O6SSi. The van der Waals surface area contributed by atoms with Gasteiger partial charge in [0.25, 0.3) is 11.8 Å². The van der Waals surface area contributed by atoms with Crippen molar-refractivity contribution < 1.29 is 37.5 Å². The molecule has 2 atom stereocenters. The highest BCUT2D eigenvalue weighted by Crippen LogP contribution is 2.43. The first kappa shape index (κ1) is 47.9. The normalized spacial score (nSPS) is 14.0. The smallest absolute Gasteiger partial charge is 0.404 e. The molecule has 326 valence electrons. The molecule has 1 unspecified atom stereocenters. The highest BCUT2D eigenvalue weighted by molar-refractivity contribution is 7.99. The van der Waals surface area contributed by atoms with Crippen LogP contribution in [0.4, 0.5) is 13.6 Å². The van der Waals surface area contributed by atoms with Gasteiger partial charge < -0.3 is 25.3 Å². The van der Waals surface area contributed by atoms with E-state index in [0.29, 0.717) is 43.5 Å². The predicted octanol–water partition coefficient (Wildman–Crippen LogP) is 8.31. The zero-order valence-corrected chi connectivity index (χ0v) is 37.6. The lowest BCUT2D eigenvalue weighted by Gasteiger charge is -2.45. The first-order valence-corrected chi connectivity index (χ1v) is 25.5. The average molecular weight is 866 g/mol. The zero-order valence-electron chi connectivity index (χ0n) is 35.8. The monoisotopic (exact) mass is 865 g/mol. The molecule has 11 nitrogen and oxygen atoms in total. The maximum absolute atomic E-state index is 15.4. The van der Waals surface area contributed by atoms with Gasteiger partial charge in [-0.05, 0) is 60.3 Å². The topological polar surface area (TPSA) is 144 Å². The number of imide groups is 1. The number of rotatable bonds is 23. The molecule has 2 aromatic carbocycles. The number of aromatic nitrogens is 1. The zero-order chi connectivity index (χ0) is 44.0. The molecule has 0 saturated carbocycles. The van der Waals surface area contributed by atoms with Crippen LogP contribution in [0.1, 0.15) is 76.6 Å². The molecule has 3 aromatic rings. The van der Waals surface area contributed by atoms with Gasteiger partial charge in [0.05, 0.1) is 18.4 Å². The van der Waals surface area contributed by atoms with Crippen LogP contribution in [-0.4, -0.2) is 89.4 Å². The van der Waals surface area contributed by atoms with E-state index in [0.717, 1.165) is 47.2 Å². The van der Waals surface area contributed by atoms with Crippen LogP contribution >= 0.6 is 11.8 Å². The number of ether oxygens (including phenoxy) is 1. The summed E-state index contributed by atoms with van der Waals surface area (Å²) in [5.74, 6) is -1.26. The van der Waals surface area contributed by atoms with Crippen LogP contribution in [0.2, 0.25) is 25.7 Å². The van der Waals surface area contributed by atoms with Crippen LogP contribution in [0.3, 0.4) is 0 Å². The molecular weight excluding hydrogens is 805 g/mol. The lowest BCUT2D eigenvalue weighted by atomic mass is 9.81. The quantitative estimate of drug-likeness (QED) is 0.0555. The second kappa shape index (κ2) is 22.2. The fourth-order valence-corrected chi connectivity index (χ4v) is 9.44. The number of nitrogens with zero attached hydrogens (tertiary/aromatic N) is 3. The van der Waals surface area contributed by atoms with Gasteiger partial charge in [-0.15, -0.1) is 0 Å². The number of nitrogens with two attached hydrogens (primary N) is 1. The summed E-state index contributed by atoms with van der Waals surface area (Å²) in [5.41, 5.74) is 7.22. The molecule has 4 rings (SSSR count). The minimum absolute atomic E-state index is 0.0313. The van der Waals surface area contributed by atoms with Gasteiger partial charge >= 0.3 is 6.09 Å². The minimum atomic E-state index is -1.63. The second-order valence-corrected chi connectivity index (χ2v) is 24.3. The molecule has 0 radical (unpaired) electrons. The van der Waals surface area contributed by atoms with Gasteiger partial charge in [-0.25, -0.2) is 13.6 Å². The van der Waals surface area contributed by atoms with Crippen molar-refractivity contribution in [3.05, 3.63) is 95.8 Å². The lowest BCUT2D eigenvalue weighted by molar-refractivity contribution is -0.138. The number of thioether (sulfide) groups is 1. The summed E-state index contributed by atoms with van der Waals surface area (Å²) < 4.78 is 37.3. The van der Waals surface area contributed by atoms with Crippen molar-refractivity contribution in [1.82, 2.24) is 19.7 Å². The molecule has 0 bridgehead atoms. The Morgan fingerprint density at radius 3 is 2.30 bits per heavy atom. The average Bonchev–Trinajstić information content (AvgIpc) is 3.72. The van der Waals surface area contributed by atoms with Crippen molar-refractivity contribution in [2.45, 2.75) is 104 Å². The Labute approximate surface area is 358 Å². The number of primary amides is 1. The van der Waals surface area contributed by atoms with Gasteiger partial charge in [-0.2, -0.15) is 11.8 Å². The molecule has 1 aliphatic heterocycles. The van der Waals surface area contributed by atoms with Crippen molar-refractivity contribution >= 4 is 49.6 Å². The van der Waals surface area contributed by atoms with Crippen LogP contribution in [-0.2, 0) is 30.5 Å². The van der Waals surface area contributed by atoms with Crippen LogP contribution in [0, 0.1) is 17.0 Å². The SMILES string of the molecule is CC(C)(C)[C@H](c1cc(-c2cc(F)ccc2F)cn1Cc1ccccc1)N(C(=O)CSCCCCCC(=O)NCCN1C(=O)C=CC1=O)C(CCOC(N)=O)CC[Si](C)(C)C. The summed E-state index contributed by atoms with van der Waals surface area (Å²) in [5, 5.41) is 2.76. The minimum Gasteiger partial charge on any atom is -0.450 e. The fourth-order valence-electron chi connectivity index (χ4n) is 7.37. The second-order valence-electron chi connectivity index (χ2n) is 17.5. The number of carbonyl (C=O) groups excluding carboxylic acids is 5. The molecule has 3 N–H and O–H groups in total. The summed E-state index contributed by atoms with van der Waals surface area (Å²) in [6, 6.07) is 15.2. The first-order chi connectivity index (χ1) is 28.3. The van der Waals surface area contributed by atoms with E-state index < -0.39 is 37.3 Å². The fraction of sp³-hybridized carbons (Fsp3) is 0.489. The van der Waals surface area contributed by atoms with E-state index in [9.17, 15) is 28.4 Å². The van der Waals surface area contributed by atoms with Gasteiger partial charge in [0.1, 0.15) is 11.6 Å². The summed E-state index contributed by atoms with van der Waals surface area (Å²) in [6.07, 6.45) is 6.92. The molecule has 0 saturated heterocycles. The Hall–Kier alpha value is -4.76. The molecule has 0 fully saturated rings. The standard InChI is InChI=1S/C45H61F2N5O6SSi/c1-45(2,3)43(38-27-33(36-28-34(46)16-17-37(36)47)30-50(38)29-32-13-9-7-10-14-32)52(35(20-24-58-44(48)57)21-26-60(4,5)6)42(56)31-59-25-12-8-11-15-39(53)49-22-23-51-40(54)18-19-41(51)55/h7,9-10,13-14,16-19,27-28,30,35,43H,8,11-12,15,20-26,29,31H2,1-6H3,(H2,48,57)(H,49,53)/t35?,43-/m0/s1. The number of hydrogen-bond acceptors (Lipinski definition) is 7. The van der Waals surface area contributed by atoms with E-state index in [1.54, 1.807) is 0 Å². The molecule has 0 aliphatic carbocycles. The summed E-state index contributed by atoms with van der Waals surface area (Å²) in [7, 11) is -1.63. The van der Waals surface area contributed by atoms with Crippen LogP contribution in [0.15, 0.2) is 72.9 Å². The van der Waals surface area contributed by atoms with E-state index in [4.69, 9.17) is 10.5 Å². The Morgan fingerprint density at radius 2 is 1.65 bits per heavy atom. The molecule has 5 amide bonds. The third-order valence-corrected chi connectivity index (χ3v) is 13.1. The van der Waals surface area contributed by atoms with E-state index in [1.165, 1.54) is 30.0 Å². The third-order valence-electron chi connectivity index (χ3n) is 10.3. The lowest BCUT2D eigenvalue weighted by Crippen LogP contribution is -2.49. The Balaban J connectivity index is 1.58. The molecule has 1 aliphatic rings. The molecule has 1 aromatic heterocycles. The van der Waals surface area contributed by atoms with Crippen molar-refractivity contribution in [3.8, 4) is 11.1 Å². The number of carbonyl (C=O) groups is 5. The van der Waals surface area contributed by atoms with Crippen molar-refractivity contribution in [3.63, 3.8) is 0 Å². The van der Waals surface area contributed by atoms with Gasteiger partial charge in [0, 0.05) is 81.8 Å². The molecule has 2 heterocycles. The maximum Gasteiger partial charge on any atom is 0.404 e. The molecule has 0 spiro atoms. The highest BCUT2D eigenvalue weighted by atomic mass is 32.2. The number of unbranched alkanes of at least 4 members (excludes halogenated alkanes) is 2. The Kier molecular flexibility index (Phi) is 17.7. The number of amides is 5. The number of nitrogens with one attached hydrogen (secondary N) is 1. The Bertz CT molecular complexity index is 1960. The Morgan fingerprint density at radius 1 is 0.950 bits per heavy atom. The number of hydrogen-bond donors (Lipinski definition) is 2. The predicted molar refractivity (Wildman–Crippen MR) is 236 cm³/mol. The summed E-state index contributed by atoms with van der Waals surface area (Å²) in [4.78, 5) is 65.5. The summed E-state index contributed by atoms with van der Waals surface area (Å²) in [6.45, 7) is 13.8. The first-order valence-electron chi connectivity index (χ1n) is 20.6. The van der Waals surface area contributed by atoms with E-state index in [-0.39, 0.29) is 60.7 Å². The molecule has 15 heteroatoms. The summed E-state index contributed by atoms with van der Waals surface area (Å²) >= 11 is 1.52. The maximum atomic E-state index is 15.4. The van der Waals surface area contributed by atoms with Gasteiger partial charge in [-0.3, -0.25) is 24.1 Å². The van der Waals surface area contributed by atoms with Crippen molar-refractivity contribution in [2.75, 3.05) is 31.2 Å². The van der Waals surface area contributed by atoms with Crippen LogP contribution < -0.4 is 11.1 Å². The van der Waals surface area contributed by atoms with Gasteiger partial charge in [-0.1, -0.05) is 83.2 Å². The van der Waals surface area contributed by atoms with E-state index >= 15 is 4.39 Å². The third kappa shape index (κ3) is 14.8. The largest absolute Gasteiger partial charge is 0.450 e. The van der Waals surface area contributed by atoms with Crippen molar-refractivity contribution in [1.29, 1.82) is 0 Å². The van der Waals surface area contributed by atoms with E-state index in [2.05, 4.69) is 45.7 Å². The van der Waals surface area contributed by atoms with Crippen LogP contribution in [0.25, 0.3) is 11.1 Å². The number of halogens is 2. The van der Waals surface area contributed by atoms with Crippen LogP contribution in [0.5, 0.6) is 0 Å². The van der Waals surface area contributed by atoms with Crippen molar-refractivity contribution in [2.24, 2.45) is 11.1 Å². The highest BCUT2D eigenvalue weighted by Gasteiger charge is 2.41. The van der Waals surface area contributed by atoms with Gasteiger partial charge in [0.2, 0.25) is 11.8 Å². The molecule has 60 heavy (non-hydrogen) atoms. The van der Waals surface area contributed by atoms with E-state index in [1.807, 2.05) is 52.1 Å². The number of benzene rings is 2. The van der Waals surface area contributed by atoms with Gasteiger partial charge in [0.15, 0.2) is 0 Å².